The molecule has 0 saturated heterocycles. The van der Waals surface area contributed by atoms with Gasteiger partial charge >= 0.3 is 0 Å². The van der Waals surface area contributed by atoms with E-state index in [0.717, 1.165) is 22.7 Å². The fourth-order valence-electron chi connectivity index (χ4n) is 2.58. The van der Waals surface area contributed by atoms with Gasteiger partial charge in [-0.3, -0.25) is 0 Å². The summed E-state index contributed by atoms with van der Waals surface area (Å²) < 4.78 is 16.8. The Morgan fingerprint density at radius 1 is 0.846 bits per heavy atom. The van der Waals surface area contributed by atoms with Crippen molar-refractivity contribution in [3.63, 3.8) is 0 Å². The van der Waals surface area contributed by atoms with Crippen molar-refractivity contribution < 1.29 is 14.2 Å². The van der Waals surface area contributed by atoms with E-state index < -0.39 is 0 Å². The van der Waals surface area contributed by atoms with Gasteiger partial charge in [0.2, 0.25) is 0 Å². The van der Waals surface area contributed by atoms with Crippen LogP contribution in [0, 0.1) is 0 Å². The SMILES string of the molecule is COc1ccccc1COc1ccc(CNc2ccccn2)cc1OC. The molecule has 3 aromatic rings. The van der Waals surface area contributed by atoms with Gasteiger partial charge in [0.1, 0.15) is 18.2 Å². The second-order valence-electron chi connectivity index (χ2n) is 5.65. The van der Waals surface area contributed by atoms with Crippen molar-refractivity contribution >= 4 is 5.82 Å². The molecule has 0 aliphatic carbocycles. The normalized spacial score (nSPS) is 10.2. The van der Waals surface area contributed by atoms with Gasteiger partial charge in [-0.2, -0.15) is 0 Å². The van der Waals surface area contributed by atoms with Crippen LogP contribution in [0.15, 0.2) is 66.9 Å². The Kier molecular flexibility index (Phi) is 5.93. The minimum Gasteiger partial charge on any atom is -0.496 e. The topological polar surface area (TPSA) is 52.6 Å². The third-order valence-corrected chi connectivity index (χ3v) is 3.94. The van der Waals surface area contributed by atoms with E-state index in [-0.39, 0.29) is 0 Å². The molecule has 0 amide bonds. The highest BCUT2D eigenvalue weighted by atomic mass is 16.5. The zero-order valence-electron chi connectivity index (χ0n) is 14.9. The van der Waals surface area contributed by atoms with E-state index in [4.69, 9.17) is 14.2 Å². The first kappa shape index (κ1) is 17.6. The number of aromatic nitrogens is 1. The molecule has 0 bridgehead atoms. The largest absolute Gasteiger partial charge is 0.496 e. The van der Waals surface area contributed by atoms with E-state index in [9.17, 15) is 0 Å². The summed E-state index contributed by atoms with van der Waals surface area (Å²) in [6.07, 6.45) is 1.76. The van der Waals surface area contributed by atoms with Crippen LogP contribution in [0.25, 0.3) is 0 Å². The number of hydrogen-bond acceptors (Lipinski definition) is 5. The number of methoxy groups -OCH3 is 2. The lowest BCUT2D eigenvalue weighted by Crippen LogP contribution is -2.03. The molecule has 1 heterocycles. The maximum Gasteiger partial charge on any atom is 0.161 e. The zero-order chi connectivity index (χ0) is 18.2. The minimum atomic E-state index is 0.409. The number of nitrogens with one attached hydrogen (secondary N) is 1. The number of nitrogens with zero attached hydrogens (tertiary/aromatic N) is 1. The summed E-state index contributed by atoms with van der Waals surface area (Å²) in [5, 5.41) is 3.28. The highest BCUT2D eigenvalue weighted by Gasteiger charge is 2.08. The summed E-state index contributed by atoms with van der Waals surface area (Å²) in [7, 11) is 3.30. The van der Waals surface area contributed by atoms with Crippen molar-refractivity contribution in [2.75, 3.05) is 19.5 Å². The van der Waals surface area contributed by atoms with Gasteiger partial charge in [0.05, 0.1) is 14.2 Å². The Labute approximate surface area is 153 Å². The summed E-state index contributed by atoms with van der Waals surface area (Å²) in [5.41, 5.74) is 2.06. The van der Waals surface area contributed by atoms with Gasteiger partial charge in [-0.25, -0.2) is 4.98 Å². The van der Waals surface area contributed by atoms with Crippen LogP contribution in [0.2, 0.25) is 0 Å². The van der Waals surface area contributed by atoms with Gasteiger partial charge in [0, 0.05) is 18.3 Å². The second kappa shape index (κ2) is 8.76. The molecule has 1 aromatic heterocycles. The van der Waals surface area contributed by atoms with Crippen LogP contribution in [-0.4, -0.2) is 19.2 Å². The van der Waals surface area contributed by atoms with Crippen molar-refractivity contribution in [3.05, 3.63) is 78.0 Å². The lowest BCUT2D eigenvalue weighted by Gasteiger charge is -2.14. The van der Waals surface area contributed by atoms with Crippen LogP contribution in [0.3, 0.4) is 0 Å². The van der Waals surface area contributed by atoms with Crippen LogP contribution >= 0.6 is 0 Å². The summed E-state index contributed by atoms with van der Waals surface area (Å²) in [4.78, 5) is 4.25. The number of ether oxygens (including phenoxy) is 3. The van der Waals surface area contributed by atoms with Crippen LogP contribution in [-0.2, 0) is 13.2 Å². The Bertz CT molecular complexity index is 838. The summed E-state index contributed by atoms with van der Waals surface area (Å²) in [6, 6.07) is 19.5. The molecule has 0 radical (unpaired) electrons. The molecule has 0 aliphatic heterocycles. The smallest absolute Gasteiger partial charge is 0.161 e. The molecule has 0 saturated carbocycles. The van der Waals surface area contributed by atoms with E-state index in [1.165, 1.54) is 0 Å². The van der Waals surface area contributed by atoms with E-state index in [1.54, 1.807) is 20.4 Å². The van der Waals surface area contributed by atoms with Gasteiger partial charge in [-0.15, -0.1) is 0 Å². The van der Waals surface area contributed by atoms with Gasteiger partial charge in [0.25, 0.3) is 0 Å². The molecular weight excluding hydrogens is 328 g/mol. The molecule has 5 heteroatoms. The summed E-state index contributed by atoms with van der Waals surface area (Å²) in [5.74, 6) is 3.03. The first-order valence-corrected chi connectivity index (χ1v) is 8.36. The Hall–Kier alpha value is -3.21. The lowest BCUT2D eigenvalue weighted by atomic mass is 10.2. The molecule has 5 nitrogen and oxygen atoms in total. The second-order valence-corrected chi connectivity index (χ2v) is 5.65. The van der Waals surface area contributed by atoms with Gasteiger partial charge < -0.3 is 19.5 Å². The number of para-hydroxylation sites is 1. The number of anilines is 1. The van der Waals surface area contributed by atoms with E-state index in [0.29, 0.717) is 24.7 Å². The monoisotopic (exact) mass is 350 g/mol. The van der Waals surface area contributed by atoms with Crippen molar-refractivity contribution in [1.29, 1.82) is 0 Å². The molecule has 2 aromatic carbocycles. The number of rotatable bonds is 8. The van der Waals surface area contributed by atoms with Crippen molar-refractivity contribution in [2.45, 2.75) is 13.2 Å². The minimum absolute atomic E-state index is 0.409. The van der Waals surface area contributed by atoms with Crippen LogP contribution in [0.5, 0.6) is 17.2 Å². The van der Waals surface area contributed by atoms with Crippen LogP contribution in [0.4, 0.5) is 5.82 Å². The van der Waals surface area contributed by atoms with Gasteiger partial charge in [-0.05, 0) is 35.9 Å². The molecular formula is C21H22N2O3. The first-order valence-electron chi connectivity index (χ1n) is 8.36. The lowest BCUT2D eigenvalue weighted by molar-refractivity contribution is 0.278. The average Bonchev–Trinajstić information content (AvgIpc) is 2.72. The molecule has 1 N–H and O–H groups in total. The molecule has 134 valence electrons. The summed E-state index contributed by atoms with van der Waals surface area (Å²) >= 11 is 0. The molecule has 26 heavy (non-hydrogen) atoms. The van der Waals surface area contributed by atoms with Crippen molar-refractivity contribution in [2.24, 2.45) is 0 Å². The molecule has 0 aliphatic rings. The quantitative estimate of drug-likeness (QED) is 0.657. The third kappa shape index (κ3) is 4.45. The van der Waals surface area contributed by atoms with E-state index in [2.05, 4.69) is 10.3 Å². The summed E-state index contributed by atoms with van der Waals surface area (Å²) in [6.45, 7) is 1.06. The van der Waals surface area contributed by atoms with E-state index in [1.807, 2.05) is 60.7 Å². The predicted molar refractivity (Wildman–Crippen MR) is 102 cm³/mol. The number of hydrogen-bond donors (Lipinski definition) is 1. The Balaban J connectivity index is 1.66. The first-order chi connectivity index (χ1) is 12.8. The predicted octanol–water partition coefficient (Wildman–Crippen LogP) is 4.29. The molecule has 3 rings (SSSR count). The molecule has 0 unspecified atom stereocenters. The Morgan fingerprint density at radius 2 is 1.65 bits per heavy atom. The van der Waals surface area contributed by atoms with Crippen LogP contribution in [0.1, 0.15) is 11.1 Å². The fourth-order valence-corrected chi connectivity index (χ4v) is 2.58. The highest BCUT2D eigenvalue weighted by Crippen LogP contribution is 2.30. The van der Waals surface area contributed by atoms with Crippen LogP contribution < -0.4 is 19.5 Å². The molecule has 0 atom stereocenters. The molecule has 0 spiro atoms. The molecule has 0 fully saturated rings. The standard InChI is InChI=1S/C21H22N2O3/c1-24-18-8-4-3-7-17(18)15-26-19-11-10-16(13-20(19)25-2)14-23-21-9-5-6-12-22-21/h3-13H,14-15H2,1-2H3,(H,22,23). The van der Waals surface area contributed by atoms with E-state index >= 15 is 0 Å². The Morgan fingerprint density at radius 3 is 2.42 bits per heavy atom. The fraction of sp³-hybridized carbons (Fsp3) is 0.190. The van der Waals surface area contributed by atoms with Crippen molar-refractivity contribution in [3.8, 4) is 17.2 Å². The maximum atomic E-state index is 5.94. The van der Waals surface area contributed by atoms with Crippen molar-refractivity contribution in [1.82, 2.24) is 4.98 Å². The third-order valence-electron chi connectivity index (χ3n) is 3.94. The average molecular weight is 350 g/mol. The van der Waals surface area contributed by atoms with Gasteiger partial charge in [-0.1, -0.05) is 30.3 Å². The maximum absolute atomic E-state index is 5.94. The zero-order valence-corrected chi connectivity index (χ0v) is 14.9. The van der Waals surface area contributed by atoms with Gasteiger partial charge in [0.15, 0.2) is 11.5 Å². The number of pyridine rings is 1. The highest BCUT2D eigenvalue weighted by molar-refractivity contribution is 5.45. The number of benzene rings is 2.